The third kappa shape index (κ3) is 5.33. The molecule has 0 radical (unpaired) electrons. The largest absolute Gasteiger partial charge is 0.370 e. The molecule has 0 aliphatic carbocycles. The van der Waals surface area contributed by atoms with Crippen LogP contribution in [0, 0.1) is 0 Å². The van der Waals surface area contributed by atoms with E-state index in [2.05, 4.69) is 21.6 Å². The van der Waals surface area contributed by atoms with Gasteiger partial charge in [-0.25, -0.2) is 0 Å². The van der Waals surface area contributed by atoms with Gasteiger partial charge in [0.15, 0.2) is 0 Å². The smallest absolute Gasteiger partial charge is 0.251 e. The minimum absolute atomic E-state index is 0.0969. The number of amides is 2. The predicted octanol–water partition coefficient (Wildman–Crippen LogP) is 3.82. The number of anilines is 2. The lowest BCUT2D eigenvalue weighted by Crippen LogP contribution is -2.35. The number of benzene rings is 2. The van der Waals surface area contributed by atoms with Crippen molar-refractivity contribution in [3.05, 3.63) is 60.2 Å². The van der Waals surface area contributed by atoms with E-state index in [0.717, 1.165) is 24.5 Å². The minimum Gasteiger partial charge on any atom is -0.370 e. The maximum Gasteiger partial charge on any atom is 0.251 e. The molecule has 1 fully saturated rings. The fraction of sp³-hybridized carbons (Fsp3) is 0.364. The van der Waals surface area contributed by atoms with Gasteiger partial charge in [-0.1, -0.05) is 30.3 Å². The molecule has 1 saturated heterocycles. The summed E-state index contributed by atoms with van der Waals surface area (Å²) in [6.07, 6.45) is 3.87. The van der Waals surface area contributed by atoms with Crippen molar-refractivity contribution in [2.45, 2.75) is 38.6 Å². The highest BCUT2D eigenvalue weighted by Gasteiger charge is 2.17. The van der Waals surface area contributed by atoms with Gasteiger partial charge in [-0.3, -0.25) is 9.59 Å². The van der Waals surface area contributed by atoms with Crippen LogP contribution in [0.1, 0.15) is 43.0 Å². The van der Waals surface area contributed by atoms with Crippen molar-refractivity contribution in [3.8, 4) is 0 Å². The van der Waals surface area contributed by atoms with Gasteiger partial charge in [-0.05, 0) is 50.5 Å². The first-order valence-corrected chi connectivity index (χ1v) is 9.63. The summed E-state index contributed by atoms with van der Waals surface area (Å²) >= 11 is 0. The van der Waals surface area contributed by atoms with Crippen molar-refractivity contribution in [1.29, 1.82) is 0 Å². The Balaban J connectivity index is 1.57. The van der Waals surface area contributed by atoms with E-state index in [4.69, 9.17) is 0 Å². The van der Waals surface area contributed by atoms with Crippen LogP contribution in [0.5, 0.6) is 0 Å². The average molecular weight is 365 g/mol. The molecule has 2 amide bonds. The maximum atomic E-state index is 12.5. The Morgan fingerprint density at radius 3 is 2.37 bits per heavy atom. The molecule has 0 bridgehead atoms. The summed E-state index contributed by atoms with van der Waals surface area (Å²) in [5.41, 5.74) is 2.51. The molecule has 1 heterocycles. The molecule has 0 aromatic heterocycles. The van der Waals surface area contributed by atoms with Crippen molar-refractivity contribution < 1.29 is 9.59 Å². The van der Waals surface area contributed by atoms with Crippen LogP contribution in [-0.4, -0.2) is 30.9 Å². The summed E-state index contributed by atoms with van der Waals surface area (Å²) in [7, 11) is 0. The first-order chi connectivity index (χ1) is 13.1. The lowest BCUT2D eigenvalue weighted by atomic mass is 10.1. The zero-order valence-electron chi connectivity index (χ0n) is 15.8. The molecule has 1 unspecified atom stereocenters. The summed E-state index contributed by atoms with van der Waals surface area (Å²) in [5.74, 6) is -0.259. The van der Waals surface area contributed by atoms with Crippen LogP contribution in [0.3, 0.4) is 0 Å². The number of nitrogens with zero attached hydrogens (tertiary/aromatic N) is 1. The van der Waals surface area contributed by atoms with Crippen LogP contribution < -0.4 is 15.5 Å². The lowest BCUT2D eigenvalue weighted by Gasteiger charge is -2.30. The Hall–Kier alpha value is -2.82. The molecule has 0 saturated carbocycles. The van der Waals surface area contributed by atoms with E-state index in [1.807, 2.05) is 43.3 Å². The van der Waals surface area contributed by atoms with Crippen LogP contribution in [0.15, 0.2) is 54.6 Å². The molecular formula is C22H27N3O2. The van der Waals surface area contributed by atoms with E-state index in [0.29, 0.717) is 5.56 Å². The van der Waals surface area contributed by atoms with Gasteiger partial charge >= 0.3 is 0 Å². The highest BCUT2D eigenvalue weighted by atomic mass is 16.2. The van der Waals surface area contributed by atoms with Crippen molar-refractivity contribution in [2.24, 2.45) is 0 Å². The monoisotopic (exact) mass is 365 g/mol. The molecule has 1 aliphatic rings. The molecule has 5 heteroatoms. The number of para-hydroxylation sites is 2. The quantitative estimate of drug-likeness (QED) is 0.818. The van der Waals surface area contributed by atoms with Gasteiger partial charge in [0.05, 0.1) is 11.4 Å². The molecule has 5 nitrogen and oxygen atoms in total. The Morgan fingerprint density at radius 2 is 1.63 bits per heavy atom. The molecule has 27 heavy (non-hydrogen) atoms. The third-order valence-electron chi connectivity index (χ3n) is 4.78. The summed E-state index contributed by atoms with van der Waals surface area (Å²) < 4.78 is 0. The van der Waals surface area contributed by atoms with Crippen LogP contribution in [-0.2, 0) is 4.79 Å². The molecule has 1 atom stereocenters. The van der Waals surface area contributed by atoms with Gasteiger partial charge in [0, 0.05) is 31.1 Å². The van der Waals surface area contributed by atoms with Gasteiger partial charge in [0.25, 0.3) is 5.91 Å². The number of rotatable bonds is 6. The molecule has 2 aromatic carbocycles. The second kappa shape index (κ2) is 9.21. The fourth-order valence-corrected chi connectivity index (χ4v) is 3.42. The number of hydrogen-bond donors (Lipinski definition) is 2. The first kappa shape index (κ1) is 19.0. The van der Waals surface area contributed by atoms with E-state index in [1.54, 1.807) is 12.1 Å². The van der Waals surface area contributed by atoms with Gasteiger partial charge in [0.1, 0.15) is 0 Å². The summed E-state index contributed by atoms with van der Waals surface area (Å²) in [5, 5.41) is 5.90. The molecule has 1 aliphatic heterocycles. The third-order valence-corrected chi connectivity index (χ3v) is 4.78. The SMILES string of the molecule is CC(CC(=O)Nc1ccccc1N1CCCCC1)NC(=O)c1ccccc1. The molecule has 0 spiro atoms. The zero-order valence-corrected chi connectivity index (χ0v) is 15.8. The Kier molecular flexibility index (Phi) is 6.47. The summed E-state index contributed by atoms with van der Waals surface area (Å²) in [6.45, 7) is 3.89. The second-order valence-electron chi connectivity index (χ2n) is 7.06. The van der Waals surface area contributed by atoms with Crippen molar-refractivity contribution >= 4 is 23.2 Å². The number of hydrogen-bond acceptors (Lipinski definition) is 3. The highest BCUT2D eigenvalue weighted by molar-refractivity contribution is 5.96. The molecular weight excluding hydrogens is 338 g/mol. The van der Waals surface area contributed by atoms with Gasteiger partial charge in [-0.2, -0.15) is 0 Å². The Labute approximate surface area is 160 Å². The fourth-order valence-electron chi connectivity index (χ4n) is 3.42. The molecule has 3 rings (SSSR count). The lowest BCUT2D eigenvalue weighted by molar-refractivity contribution is -0.116. The first-order valence-electron chi connectivity index (χ1n) is 9.63. The van der Waals surface area contributed by atoms with Crippen molar-refractivity contribution in [1.82, 2.24) is 5.32 Å². The maximum absolute atomic E-state index is 12.5. The van der Waals surface area contributed by atoms with E-state index in [9.17, 15) is 9.59 Å². The van der Waals surface area contributed by atoms with E-state index >= 15 is 0 Å². The van der Waals surface area contributed by atoms with Gasteiger partial charge < -0.3 is 15.5 Å². The van der Waals surface area contributed by atoms with Crippen LogP contribution >= 0.6 is 0 Å². The van der Waals surface area contributed by atoms with E-state index in [-0.39, 0.29) is 24.3 Å². The van der Waals surface area contributed by atoms with Crippen LogP contribution in [0.2, 0.25) is 0 Å². The van der Waals surface area contributed by atoms with Gasteiger partial charge in [0.2, 0.25) is 5.91 Å². The standard InChI is InChI=1S/C22H27N3O2/c1-17(23-22(27)18-10-4-2-5-11-18)16-21(26)24-19-12-6-7-13-20(19)25-14-8-3-9-15-25/h2,4-7,10-13,17H,3,8-9,14-16H2,1H3,(H,23,27)(H,24,26). The Morgan fingerprint density at radius 1 is 0.963 bits per heavy atom. The van der Waals surface area contributed by atoms with Gasteiger partial charge in [-0.15, -0.1) is 0 Å². The van der Waals surface area contributed by atoms with Crippen molar-refractivity contribution in [2.75, 3.05) is 23.3 Å². The molecule has 142 valence electrons. The number of piperidine rings is 1. The van der Waals surface area contributed by atoms with E-state index < -0.39 is 0 Å². The Bertz CT molecular complexity index is 770. The van der Waals surface area contributed by atoms with Crippen LogP contribution in [0.25, 0.3) is 0 Å². The molecule has 2 aromatic rings. The average Bonchev–Trinajstić information content (AvgIpc) is 2.69. The minimum atomic E-state index is -0.250. The second-order valence-corrected chi connectivity index (χ2v) is 7.06. The number of carbonyl (C=O) groups is 2. The van der Waals surface area contributed by atoms with Crippen molar-refractivity contribution in [3.63, 3.8) is 0 Å². The topological polar surface area (TPSA) is 61.4 Å². The highest BCUT2D eigenvalue weighted by Crippen LogP contribution is 2.28. The number of nitrogens with one attached hydrogen (secondary N) is 2. The van der Waals surface area contributed by atoms with E-state index in [1.165, 1.54) is 19.3 Å². The predicted molar refractivity (Wildman–Crippen MR) is 109 cm³/mol. The van der Waals surface area contributed by atoms with Crippen LogP contribution in [0.4, 0.5) is 11.4 Å². The number of carbonyl (C=O) groups excluding carboxylic acids is 2. The summed E-state index contributed by atoms with van der Waals surface area (Å²) in [6, 6.07) is 16.7. The summed E-state index contributed by atoms with van der Waals surface area (Å²) in [4.78, 5) is 27.0. The zero-order chi connectivity index (χ0) is 19.1. The molecule has 2 N–H and O–H groups in total. The normalized spacial score (nSPS) is 15.1.